The molecule has 4 bridgehead atoms. The van der Waals surface area contributed by atoms with Crippen LogP contribution in [0.4, 0.5) is 0 Å². The number of carboxylic acids is 4. The SMILES string of the molecule is O=C(O)C1C2CC(C1C(=O)O)C1C(=O)C3C4CC(C(C(=O)O)C4C(=O)O)C3C(=O)C21. The van der Waals surface area contributed by atoms with E-state index in [1.165, 1.54) is 0 Å². The lowest BCUT2D eigenvalue weighted by atomic mass is 9.53. The molecule has 12 unspecified atom stereocenters. The predicted octanol–water partition coefficient (Wildman–Crippen LogP) is -0.294. The molecular formula is C20H20O10. The molecule has 0 aromatic rings. The third-order valence-electron chi connectivity index (χ3n) is 8.78. The van der Waals surface area contributed by atoms with Crippen LogP contribution in [0.1, 0.15) is 12.8 Å². The first-order chi connectivity index (χ1) is 14.1. The number of hydrogen-bond acceptors (Lipinski definition) is 6. The van der Waals surface area contributed by atoms with Crippen LogP contribution in [0.25, 0.3) is 0 Å². The van der Waals surface area contributed by atoms with Crippen LogP contribution in [0.5, 0.6) is 0 Å². The van der Waals surface area contributed by atoms with Gasteiger partial charge < -0.3 is 20.4 Å². The van der Waals surface area contributed by atoms with Crippen LogP contribution in [0.15, 0.2) is 0 Å². The van der Waals surface area contributed by atoms with Gasteiger partial charge in [0.2, 0.25) is 0 Å². The fourth-order valence-corrected chi connectivity index (χ4v) is 8.17. The summed E-state index contributed by atoms with van der Waals surface area (Å²) in [4.78, 5) is 74.1. The Morgan fingerprint density at radius 1 is 0.500 bits per heavy atom. The Kier molecular flexibility index (Phi) is 3.77. The molecule has 10 heteroatoms. The van der Waals surface area contributed by atoms with Gasteiger partial charge in [-0.25, -0.2) is 0 Å². The smallest absolute Gasteiger partial charge is 0.307 e. The fraction of sp³-hybridized carbons (Fsp3) is 0.700. The summed E-state index contributed by atoms with van der Waals surface area (Å²) < 4.78 is 0. The number of ketones is 2. The van der Waals surface area contributed by atoms with Gasteiger partial charge in [0.1, 0.15) is 11.6 Å². The van der Waals surface area contributed by atoms with Crippen LogP contribution in [0.2, 0.25) is 0 Å². The van der Waals surface area contributed by atoms with Gasteiger partial charge in [-0.05, 0) is 36.5 Å². The molecule has 0 radical (unpaired) electrons. The topological polar surface area (TPSA) is 183 Å². The summed E-state index contributed by atoms with van der Waals surface area (Å²) >= 11 is 0. The number of rotatable bonds is 4. The van der Waals surface area contributed by atoms with Crippen molar-refractivity contribution in [3.8, 4) is 0 Å². The second-order valence-corrected chi connectivity index (χ2v) is 9.49. The minimum atomic E-state index is -1.31. The summed E-state index contributed by atoms with van der Waals surface area (Å²) in [6.07, 6.45) is 0.306. The Hall–Kier alpha value is -2.78. The minimum Gasteiger partial charge on any atom is -0.481 e. The van der Waals surface area contributed by atoms with Crippen molar-refractivity contribution >= 4 is 35.4 Å². The quantitative estimate of drug-likeness (QED) is 0.471. The summed E-state index contributed by atoms with van der Waals surface area (Å²) in [7, 11) is 0. The highest BCUT2D eigenvalue weighted by molar-refractivity contribution is 6.04. The van der Waals surface area contributed by atoms with Crippen LogP contribution in [0.3, 0.4) is 0 Å². The molecule has 0 saturated heterocycles. The molecular weight excluding hydrogens is 400 g/mol. The van der Waals surface area contributed by atoms with Crippen LogP contribution < -0.4 is 0 Å². The zero-order valence-electron chi connectivity index (χ0n) is 15.6. The molecule has 160 valence electrons. The number of aliphatic carboxylic acids is 4. The van der Waals surface area contributed by atoms with E-state index in [0.29, 0.717) is 0 Å². The molecule has 0 aromatic heterocycles. The average Bonchev–Trinajstić information content (AvgIpc) is 3.39. The first-order valence-corrected chi connectivity index (χ1v) is 10.1. The molecule has 5 saturated carbocycles. The van der Waals surface area contributed by atoms with E-state index < -0.39 is 94.9 Å². The van der Waals surface area contributed by atoms with Gasteiger partial charge in [0, 0.05) is 23.7 Å². The van der Waals surface area contributed by atoms with Gasteiger partial charge in [-0.2, -0.15) is 0 Å². The van der Waals surface area contributed by atoms with Crippen molar-refractivity contribution in [3.05, 3.63) is 0 Å². The maximum Gasteiger partial charge on any atom is 0.307 e. The van der Waals surface area contributed by atoms with Crippen LogP contribution >= 0.6 is 0 Å². The number of carbonyl (C=O) groups is 6. The zero-order chi connectivity index (χ0) is 21.8. The van der Waals surface area contributed by atoms with Gasteiger partial charge in [-0.1, -0.05) is 0 Å². The van der Waals surface area contributed by atoms with Crippen molar-refractivity contribution in [2.24, 2.45) is 71.0 Å². The van der Waals surface area contributed by atoms with Crippen molar-refractivity contribution in [2.75, 3.05) is 0 Å². The maximum absolute atomic E-state index is 13.5. The number of carboxylic acid groups (broad SMARTS) is 4. The number of hydrogen-bond donors (Lipinski definition) is 4. The van der Waals surface area contributed by atoms with Crippen LogP contribution in [0, 0.1) is 71.0 Å². The standard InChI is InChI=1S/C20H20O10/c21-15-7-3-1-4(12(18(25)26)11(3)17(23)24)8(7)16(22)10-6-2-5(9(10)15)13(19(27)28)14(6)20(29)30/h3-14H,1-2H2,(H,23,24)(H,25,26)(H,27,28)(H,29,30). The van der Waals surface area contributed by atoms with E-state index in [4.69, 9.17) is 0 Å². The molecule has 10 nitrogen and oxygen atoms in total. The summed E-state index contributed by atoms with van der Waals surface area (Å²) in [5, 5.41) is 38.4. The molecule has 5 fully saturated rings. The number of Topliss-reactive ketones (excluding diaryl/α,β-unsaturated/α-hetero) is 2. The zero-order valence-corrected chi connectivity index (χ0v) is 15.6. The Balaban J connectivity index is 1.57. The highest BCUT2D eigenvalue weighted by atomic mass is 16.4. The van der Waals surface area contributed by atoms with Gasteiger partial charge in [-0.15, -0.1) is 0 Å². The van der Waals surface area contributed by atoms with E-state index in [-0.39, 0.29) is 24.4 Å². The van der Waals surface area contributed by atoms with E-state index in [1.54, 1.807) is 0 Å². The molecule has 0 aromatic carbocycles. The van der Waals surface area contributed by atoms with Crippen molar-refractivity contribution < 1.29 is 49.2 Å². The predicted molar refractivity (Wildman–Crippen MR) is 91.7 cm³/mol. The number of fused-ring (bicyclic) bond motifs is 10. The van der Waals surface area contributed by atoms with Gasteiger partial charge in [-0.3, -0.25) is 28.8 Å². The van der Waals surface area contributed by atoms with Gasteiger partial charge in [0.05, 0.1) is 23.7 Å². The van der Waals surface area contributed by atoms with Crippen molar-refractivity contribution in [3.63, 3.8) is 0 Å². The second-order valence-electron chi connectivity index (χ2n) is 9.49. The largest absolute Gasteiger partial charge is 0.481 e. The average molecular weight is 420 g/mol. The Morgan fingerprint density at radius 3 is 0.867 bits per heavy atom. The molecule has 0 aliphatic heterocycles. The summed E-state index contributed by atoms with van der Waals surface area (Å²) in [6.45, 7) is 0. The maximum atomic E-state index is 13.5. The summed E-state index contributed by atoms with van der Waals surface area (Å²) in [5.41, 5.74) is 0. The molecule has 0 amide bonds. The van der Waals surface area contributed by atoms with Crippen molar-refractivity contribution in [1.29, 1.82) is 0 Å². The lowest BCUT2D eigenvalue weighted by molar-refractivity contribution is -0.172. The van der Waals surface area contributed by atoms with Gasteiger partial charge in [0.25, 0.3) is 0 Å². The highest BCUT2D eigenvalue weighted by Gasteiger charge is 2.75. The number of carbonyl (C=O) groups excluding carboxylic acids is 2. The Morgan fingerprint density at radius 2 is 0.700 bits per heavy atom. The van der Waals surface area contributed by atoms with Crippen molar-refractivity contribution in [2.45, 2.75) is 12.8 Å². The highest BCUT2D eigenvalue weighted by Crippen LogP contribution is 2.68. The molecule has 5 aliphatic rings. The lowest BCUT2D eigenvalue weighted by Gasteiger charge is -2.47. The van der Waals surface area contributed by atoms with E-state index in [0.717, 1.165) is 0 Å². The molecule has 12 atom stereocenters. The summed E-state index contributed by atoms with van der Waals surface area (Å²) in [6, 6.07) is 0. The normalized spacial score (nSPS) is 50.3. The summed E-state index contributed by atoms with van der Waals surface area (Å²) in [5.74, 6) is -17.8. The molecule has 30 heavy (non-hydrogen) atoms. The molecule has 0 heterocycles. The molecule has 5 aliphatic carbocycles. The van der Waals surface area contributed by atoms with E-state index in [1.807, 2.05) is 0 Å². The van der Waals surface area contributed by atoms with Gasteiger partial charge in [0.15, 0.2) is 0 Å². The third kappa shape index (κ3) is 2.04. The van der Waals surface area contributed by atoms with Gasteiger partial charge >= 0.3 is 23.9 Å². The van der Waals surface area contributed by atoms with E-state index in [9.17, 15) is 49.2 Å². The van der Waals surface area contributed by atoms with E-state index >= 15 is 0 Å². The lowest BCUT2D eigenvalue weighted by Crippen LogP contribution is -2.59. The minimum absolute atomic E-state index is 0.153. The Labute approximate surface area is 169 Å². The fourth-order valence-electron chi connectivity index (χ4n) is 8.17. The Bertz CT molecular complexity index is 781. The molecule has 5 rings (SSSR count). The van der Waals surface area contributed by atoms with E-state index in [2.05, 4.69) is 0 Å². The van der Waals surface area contributed by atoms with Crippen LogP contribution in [-0.4, -0.2) is 55.9 Å². The second kappa shape index (κ2) is 5.89. The van der Waals surface area contributed by atoms with Crippen molar-refractivity contribution in [1.82, 2.24) is 0 Å². The third-order valence-corrected chi connectivity index (χ3v) is 8.78. The first-order valence-electron chi connectivity index (χ1n) is 10.1. The molecule has 0 spiro atoms. The first kappa shape index (κ1) is 19.2. The van der Waals surface area contributed by atoms with Crippen LogP contribution in [-0.2, 0) is 28.8 Å². The molecule has 4 N–H and O–H groups in total. The monoisotopic (exact) mass is 420 g/mol.